The Balaban J connectivity index is 1.96. The molecule has 0 radical (unpaired) electrons. The molecule has 120 valence electrons. The zero-order chi connectivity index (χ0) is 16.8. The Labute approximate surface area is 134 Å². The molecule has 4 nitrogen and oxygen atoms in total. The molecule has 2 aromatic rings. The molecule has 23 heavy (non-hydrogen) atoms. The molecule has 5 heteroatoms. The molecular formula is C18H19FN2O2. The van der Waals surface area contributed by atoms with E-state index in [2.05, 4.69) is 10.6 Å². The second-order valence-electron chi connectivity index (χ2n) is 5.41. The lowest BCUT2D eigenvalue weighted by Gasteiger charge is -2.09. The molecule has 2 N–H and O–H groups in total. The van der Waals surface area contributed by atoms with Gasteiger partial charge in [-0.3, -0.25) is 9.59 Å². The first kappa shape index (κ1) is 16.7. The van der Waals surface area contributed by atoms with Gasteiger partial charge in [-0.05, 0) is 37.1 Å². The highest BCUT2D eigenvalue weighted by atomic mass is 19.1. The van der Waals surface area contributed by atoms with Crippen LogP contribution in [0.5, 0.6) is 0 Å². The Bertz CT molecular complexity index is 711. The number of benzene rings is 2. The molecule has 0 heterocycles. The summed E-state index contributed by atoms with van der Waals surface area (Å²) in [4.78, 5) is 23.0. The second kappa shape index (κ2) is 7.54. The number of halogens is 1. The van der Waals surface area contributed by atoms with Gasteiger partial charge in [0.1, 0.15) is 5.82 Å². The van der Waals surface area contributed by atoms with Gasteiger partial charge in [-0.25, -0.2) is 4.39 Å². The maximum Gasteiger partial charge on any atom is 0.224 e. The van der Waals surface area contributed by atoms with Gasteiger partial charge in [-0.1, -0.05) is 29.8 Å². The van der Waals surface area contributed by atoms with E-state index in [-0.39, 0.29) is 23.9 Å². The zero-order valence-electron chi connectivity index (χ0n) is 13.2. The van der Waals surface area contributed by atoms with Crippen molar-refractivity contribution in [3.05, 3.63) is 59.4 Å². The van der Waals surface area contributed by atoms with Crippen molar-refractivity contribution < 1.29 is 14.0 Å². The summed E-state index contributed by atoms with van der Waals surface area (Å²) in [6, 6.07) is 12.0. The van der Waals surface area contributed by atoms with E-state index < -0.39 is 5.82 Å². The van der Waals surface area contributed by atoms with Gasteiger partial charge in [-0.2, -0.15) is 0 Å². The van der Waals surface area contributed by atoms with Crippen molar-refractivity contribution in [1.29, 1.82) is 0 Å². The van der Waals surface area contributed by atoms with Crippen molar-refractivity contribution in [2.75, 3.05) is 10.6 Å². The molecule has 0 spiro atoms. The average Bonchev–Trinajstić information content (AvgIpc) is 2.49. The van der Waals surface area contributed by atoms with Crippen LogP contribution in [0, 0.1) is 12.7 Å². The van der Waals surface area contributed by atoms with E-state index in [1.54, 1.807) is 0 Å². The van der Waals surface area contributed by atoms with Crippen LogP contribution in [0.15, 0.2) is 42.5 Å². The monoisotopic (exact) mass is 314 g/mol. The minimum absolute atomic E-state index is 0.0603. The molecule has 0 unspecified atom stereocenters. The van der Waals surface area contributed by atoms with Crippen molar-refractivity contribution in [2.24, 2.45) is 0 Å². The van der Waals surface area contributed by atoms with E-state index in [9.17, 15) is 14.0 Å². The summed E-state index contributed by atoms with van der Waals surface area (Å²) < 4.78 is 13.7. The SMILES string of the molecule is CC(=O)Nc1ccc(F)c(NC(=O)CCc2ccc(C)cc2)c1. The van der Waals surface area contributed by atoms with Crippen LogP contribution in [0.4, 0.5) is 15.8 Å². The number of carbonyl (C=O) groups is 2. The second-order valence-corrected chi connectivity index (χ2v) is 5.41. The number of carbonyl (C=O) groups excluding carboxylic acids is 2. The number of rotatable bonds is 5. The van der Waals surface area contributed by atoms with E-state index in [0.717, 1.165) is 11.1 Å². The molecule has 0 aliphatic heterocycles. The Kier molecular flexibility index (Phi) is 5.46. The minimum Gasteiger partial charge on any atom is -0.326 e. The largest absolute Gasteiger partial charge is 0.326 e. The van der Waals surface area contributed by atoms with Gasteiger partial charge in [0.05, 0.1) is 5.69 Å². The first-order valence-corrected chi connectivity index (χ1v) is 7.36. The lowest BCUT2D eigenvalue weighted by atomic mass is 10.1. The number of hydrogen-bond acceptors (Lipinski definition) is 2. The maximum absolute atomic E-state index is 13.7. The van der Waals surface area contributed by atoms with E-state index in [0.29, 0.717) is 12.1 Å². The van der Waals surface area contributed by atoms with Crippen LogP contribution in [0.1, 0.15) is 24.5 Å². The number of nitrogens with one attached hydrogen (secondary N) is 2. The molecule has 0 saturated heterocycles. The van der Waals surface area contributed by atoms with Crippen LogP contribution in [-0.2, 0) is 16.0 Å². The summed E-state index contributed by atoms with van der Waals surface area (Å²) in [5.41, 5.74) is 2.71. The van der Waals surface area contributed by atoms with E-state index in [4.69, 9.17) is 0 Å². The quantitative estimate of drug-likeness (QED) is 0.885. The van der Waals surface area contributed by atoms with Gasteiger partial charge in [0.2, 0.25) is 11.8 Å². The fourth-order valence-electron chi connectivity index (χ4n) is 2.13. The predicted molar refractivity (Wildman–Crippen MR) is 88.8 cm³/mol. The van der Waals surface area contributed by atoms with Crippen molar-refractivity contribution in [2.45, 2.75) is 26.7 Å². The van der Waals surface area contributed by atoms with Gasteiger partial charge in [0.15, 0.2) is 0 Å². The summed E-state index contributed by atoms with van der Waals surface area (Å²) in [6.07, 6.45) is 0.839. The summed E-state index contributed by atoms with van der Waals surface area (Å²) in [7, 11) is 0. The Morgan fingerprint density at radius 1 is 1.04 bits per heavy atom. The maximum atomic E-state index is 13.7. The fourth-order valence-corrected chi connectivity index (χ4v) is 2.13. The lowest BCUT2D eigenvalue weighted by Crippen LogP contribution is -2.14. The molecule has 0 fully saturated rings. The molecule has 0 atom stereocenters. The molecule has 0 saturated carbocycles. The number of aryl methyl sites for hydroxylation is 2. The van der Waals surface area contributed by atoms with Crippen LogP contribution >= 0.6 is 0 Å². The van der Waals surface area contributed by atoms with Crippen LogP contribution in [0.2, 0.25) is 0 Å². The first-order chi connectivity index (χ1) is 10.9. The highest BCUT2D eigenvalue weighted by molar-refractivity contribution is 5.93. The first-order valence-electron chi connectivity index (χ1n) is 7.36. The summed E-state index contributed by atoms with van der Waals surface area (Å²) in [5, 5.41) is 5.09. The molecule has 0 aromatic heterocycles. The average molecular weight is 314 g/mol. The third-order valence-electron chi connectivity index (χ3n) is 3.32. The molecule has 0 bridgehead atoms. The Morgan fingerprint density at radius 2 is 1.74 bits per heavy atom. The van der Waals surface area contributed by atoms with E-state index >= 15 is 0 Å². The van der Waals surface area contributed by atoms with Crippen molar-refractivity contribution in [3.8, 4) is 0 Å². The smallest absolute Gasteiger partial charge is 0.224 e. The van der Waals surface area contributed by atoms with Crippen LogP contribution in [0.25, 0.3) is 0 Å². The van der Waals surface area contributed by atoms with Crippen molar-refractivity contribution in [1.82, 2.24) is 0 Å². The van der Waals surface area contributed by atoms with E-state index in [1.807, 2.05) is 31.2 Å². The third-order valence-corrected chi connectivity index (χ3v) is 3.32. The minimum atomic E-state index is -0.539. The highest BCUT2D eigenvalue weighted by Crippen LogP contribution is 2.20. The number of anilines is 2. The number of amides is 2. The van der Waals surface area contributed by atoms with Gasteiger partial charge < -0.3 is 10.6 Å². The van der Waals surface area contributed by atoms with Crippen LogP contribution in [0.3, 0.4) is 0 Å². The van der Waals surface area contributed by atoms with Gasteiger partial charge in [0.25, 0.3) is 0 Å². The third kappa shape index (κ3) is 5.21. The van der Waals surface area contributed by atoms with Crippen molar-refractivity contribution >= 4 is 23.2 Å². The van der Waals surface area contributed by atoms with Crippen molar-refractivity contribution in [3.63, 3.8) is 0 Å². The zero-order valence-corrected chi connectivity index (χ0v) is 13.2. The number of hydrogen-bond donors (Lipinski definition) is 2. The van der Waals surface area contributed by atoms with Gasteiger partial charge >= 0.3 is 0 Å². The standard InChI is InChI=1S/C18H19FN2O2/c1-12-3-5-14(6-4-12)7-10-18(23)21-17-11-15(20-13(2)22)8-9-16(17)19/h3-6,8-9,11H,7,10H2,1-2H3,(H,20,22)(H,21,23). The normalized spacial score (nSPS) is 10.2. The van der Waals surface area contributed by atoms with Gasteiger partial charge in [0, 0.05) is 19.0 Å². The van der Waals surface area contributed by atoms with Crippen LogP contribution < -0.4 is 10.6 Å². The molecule has 0 aliphatic rings. The topological polar surface area (TPSA) is 58.2 Å². The lowest BCUT2D eigenvalue weighted by molar-refractivity contribution is -0.116. The highest BCUT2D eigenvalue weighted by Gasteiger charge is 2.09. The van der Waals surface area contributed by atoms with Crippen LogP contribution in [-0.4, -0.2) is 11.8 Å². The summed E-state index contributed by atoms with van der Waals surface area (Å²) in [6.45, 7) is 3.37. The molecular weight excluding hydrogens is 295 g/mol. The predicted octanol–water partition coefficient (Wildman–Crippen LogP) is 3.66. The molecule has 2 rings (SSSR count). The van der Waals surface area contributed by atoms with Gasteiger partial charge in [-0.15, -0.1) is 0 Å². The fraction of sp³-hybridized carbons (Fsp3) is 0.222. The molecule has 2 aromatic carbocycles. The molecule has 2 amide bonds. The molecule has 0 aliphatic carbocycles. The Hall–Kier alpha value is -2.69. The summed E-state index contributed by atoms with van der Waals surface area (Å²) >= 11 is 0. The van der Waals surface area contributed by atoms with E-state index in [1.165, 1.54) is 25.1 Å². The summed E-state index contributed by atoms with van der Waals surface area (Å²) in [5.74, 6) is -1.07. The Morgan fingerprint density at radius 3 is 2.39 bits per heavy atom.